The average Bonchev–Trinajstić information content (AvgIpc) is 2.47. The first-order valence-corrected chi connectivity index (χ1v) is 9.44. The minimum atomic E-state index is -3.69. The van der Waals surface area contributed by atoms with Gasteiger partial charge in [0.1, 0.15) is 0 Å². The Kier molecular flexibility index (Phi) is 12.1. The third-order valence-electron chi connectivity index (χ3n) is 2.59. The molecule has 0 bridgehead atoms. The summed E-state index contributed by atoms with van der Waals surface area (Å²) in [5.41, 5.74) is 0. The Morgan fingerprint density at radius 3 is 1.59 bits per heavy atom. The maximum absolute atomic E-state index is 9.95. The van der Waals surface area contributed by atoms with E-state index in [1.807, 2.05) is 6.92 Å². The molecule has 0 unspecified atom stereocenters. The molecule has 3 nitrogen and oxygen atoms in total. The summed E-state index contributed by atoms with van der Waals surface area (Å²) in [5, 5.41) is 2.79. The van der Waals surface area contributed by atoms with Crippen LogP contribution < -0.4 is 10.6 Å². The summed E-state index contributed by atoms with van der Waals surface area (Å²) in [5.74, 6) is -0.108. The minimum Gasteiger partial charge on any atom is -0.0622 e. The summed E-state index contributed by atoms with van der Waals surface area (Å²) in [4.78, 5) is 0. The first-order chi connectivity index (χ1) is 10.0. The second kappa shape index (κ2) is 12.2. The molecule has 0 saturated heterocycles. The van der Waals surface area contributed by atoms with E-state index < -0.39 is 10.1 Å². The predicted octanol–water partition coefficient (Wildman–Crippen LogP) is 2.34. The molecule has 2 aromatic carbocycles. The number of hydrogen-bond donors (Lipinski definition) is 1. The molecule has 0 aliphatic carbocycles. The Hall–Kier alpha value is -0.220. The summed E-state index contributed by atoms with van der Waals surface area (Å²) in [6, 6.07) is 21.2. The average molecular weight is 348 g/mol. The van der Waals surface area contributed by atoms with Gasteiger partial charge in [-0.15, -0.1) is 0 Å². The quantitative estimate of drug-likeness (QED) is 0.513. The Bertz CT molecular complexity index is 566. The minimum absolute atomic E-state index is 0. The Labute approximate surface area is 157 Å². The molecule has 0 aliphatic heterocycles. The van der Waals surface area contributed by atoms with E-state index in [2.05, 4.69) is 60.7 Å². The Morgan fingerprint density at radius 2 is 1.32 bits per heavy atom. The van der Waals surface area contributed by atoms with Crippen molar-refractivity contribution in [2.24, 2.45) is 0 Å². The van der Waals surface area contributed by atoms with Gasteiger partial charge in [-0.1, -0.05) is 82.6 Å². The zero-order valence-corrected chi connectivity index (χ0v) is 13.9. The van der Waals surface area contributed by atoms with Gasteiger partial charge in [0.05, 0.1) is 5.75 Å². The summed E-state index contributed by atoms with van der Waals surface area (Å²) in [6.07, 6.45) is 1.33. The number of benzene rings is 2. The van der Waals surface area contributed by atoms with Gasteiger partial charge in [-0.05, 0) is 17.0 Å². The molecule has 0 radical (unpaired) electrons. The van der Waals surface area contributed by atoms with Crippen LogP contribution in [0.3, 0.4) is 0 Å². The number of unbranched alkanes of at least 4 members (excludes halogenated alkanes) is 1. The third-order valence-corrected chi connectivity index (χ3v) is 4.64. The SMILES string of the molecule is CCCCS(=O)(=O)O.[NaH].c1ccc(Pc2ccccc2)cc1. The van der Waals surface area contributed by atoms with Gasteiger partial charge in [0, 0.05) is 0 Å². The van der Waals surface area contributed by atoms with Crippen LogP contribution in [0.15, 0.2) is 60.7 Å². The molecule has 0 aromatic heterocycles. The summed E-state index contributed by atoms with van der Waals surface area (Å²) in [7, 11) is -2.91. The molecule has 22 heavy (non-hydrogen) atoms. The van der Waals surface area contributed by atoms with Gasteiger partial charge in [0.25, 0.3) is 10.1 Å². The van der Waals surface area contributed by atoms with Gasteiger partial charge in [-0.2, -0.15) is 8.42 Å². The van der Waals surface area contributed by atoms with Gasteiger partial charge < -0.3 is 0 Å². The molecular weight excluding hydrogens is 326 g/mol. The van der Waals surface area contributed by atoms with Gasteiger partial charge in [-0.3, -0.25) is 4.55 Å². The zero-order valence-electron chi connectivity index (χ0n) is 12.1. The predicted molar refractivity (Wildman–Crippen MR) is 98.9 cm³/mol. The van der Waals surface area contributed by atoms with Crippen molar-refractivity contribution in [1.82, 2.24) is 0 Å². The van der Waals surface area contributed by atoms with Crippen molar-refractivity contribution in [3.8, 4) is 0 Å². The van der Waals surface area contributed by atoms with Crippen molar-refractivity contribution in [3.05, 3.63) is 60.7 Å². The summed E-state index contributed by atoms with van der Waals surface area (Å²) in [6.45, 7) is 1.87. The van der Waals surface area contributed by atoms with Gasteiger partial charge in [-0.25, -0.2) is 0 Å². The summed E-state index contributed by atoms with van der Waals surface area (Å²) < 4.78 is 28.0. The number of hydrogen-bond acceptors (Lipinski definition) is 2. The molecular formula is C16H22NaO3PS. The molecule has 2 aromatic rings. The van der Waals surface area contributed by atoms with Crippen molar-refractivity contribution < 1.29 is 13.0 Å². The van der Waals surface area contributed by atoms with Crippen molar-refractivity contribution >= 4 is 58.9 Å². The van der Waals surface area contributed by atoms with Gasteiger partial charge in [0.15, 0.2) is 0 Å². The van der Waals surface area contributed by atoms with Crippen LogP contribution in [-0.2, 0) is 10.1 Å². The van der Waals surface area contributed by atoms with E-state index in [4.69, 9.17) is 4.55 Å². The van der Waals surface area contributed by atoms with Crippen LogP contribution in [0, 0.1) is 0 Å². The van der Waals surface area contributed by atoms with Crippen molar-refractivity contribution in [2.45, 2.75) is 19.8 Å². The van der Waals surface area contributed by atoms with Crippen LogP contribution in [0.2, 0.25) is 0 Å². The molecule has 0 amide bonds. The van der Waals surface area contributed by atoms with E-state index in [0.717, 1.165) is 15.0 Å². The van der Waals surface area contributed by atoms with Crippen molar-refractivity contribution in [1.29, 1.82) is 0 Å². The molecule has 0 fully saturated rings. The first kappa shape index (κ1) is 21.8. The fourth-order valence-corrected chi connectivity index (χ4v) is 3.24. The second-order valence-electron chi connectivity index (χ2n) is 4.50. The van der Waals surface area contributed by atoms with E-state index in [9.17, 15) is 8.42 Å². The molecule has 0 atom stereocenters. The molecule has 116 valence electrons. The van der Waals surface area contributed by atoms with Crippen LogP contribution in [0.25, 0.3) is 0 Å². The van der Waals surface area contributed by atoms with Crippen molar-refractivity contribution in [3.63, 3.8) is 0 Å². The first-order valence-electron chi connectivity index (χ1n) is 6.83. The monoisotopic (exact) mass is 348 g/mol. The normalized spacial score (nSPS) is 10.1. The third kappa shape index (κ3) is 11.4. The number of rotatable bonds is 5. The summed E-state index contributed by atoms with van der Waals surface area (Å²) >= 11 is 0. The van der Waals surface area contributed by atoms with Gasteiger partial charge in [0.2, 0.25) is 0 Å². The van der Waals surface area contributed by atoms with E-state index in [1.54, 1.807) is 0 Å². The zero-order chi connectivity index (χ0) is 15.6. The van der Waals surface area contributed by atoms with Crippen LogP contribution in [0.1, 0.15) is 19.8 Å². The van der Waals surface area contributed by atoms with Gasteiger partial charge >= 0.3 is 29.6 Å². The standard InChI is InChI=1S/C12H11P.C4H10O3S.Na.H/c1-3-7-11(8-4-1)13-12-9-5-2-6-10-12;1-2-3-4-8(5,6)7;;/h1-10,13H;2-4H2,1H3,(H,5,6,7);;. The van der Waals surface area contributed by atoms with Crippen molar-refractivity contribution in [2.75, 3.05) is 5.75 Å². The molecule has 0 saturated carbocycles. The molecule has 0 spiro atoms. The Morgan fingerprint density at radius 1 is 0.909 bits per heavy atom. The van der Waals surface area contributed by atoms with Crippen LogP contribution >= 0.6 is 8.58 Å². The van der Waals surface area contributed by atoms with E-state index >= 15 is 0 Å². The van der Waals surface area contributed by atoms with E-state index in [1.165, 1.54) is 10.6 Å². The molecule has 0 heterocycles. The fourth-order valence-electron chi connectivity index (χ4n) is 1.54. The smallest absolute Gasteiger partial charge is 0.0226 e. The maximum Gasteiger partial charge on any atom is -0.0226 e. The topological polar surface area (TPSA) is 54.4 Å². The largest absolute Gasteiger partial charge is 0.0622 e. The molecule has 1 N–H and O–H groups in total. The van der Waals surface area contributed by atoms with E-state index in [0.29, 0.717) is 6.42 Å². The second-order valence-corrected chi connectivity index (χ2v) is 7.47. The van der Waals surface area contributed by atoms with Crippen LogP contribution in [-0.4, -0.2) is 48.3 Å². The van der Waals surface area contributed by atoms with Crippen LogP contribution in [0.4, 0.5) is 0 Å². The maximum atomic E-state index is 9.95. The molecule has 6 heteroatoms. The van der Waals surface area contributed by atoms with Crippen LogP contribution in [0.5, 0.6) is 0 Å². The molecule has 0 aliphatic rings. The fraction of sp³-hybridized carbons (Fsp3) is 0.250. The van der Waals surface area contributed by atoms with E-state index in [-0.39, 0.29) is 35.3 Å². The molecule has 2 rings (SSSR count). The Balaban J connectivity index is 0.000000432.